The summed E-state index contributed by atoms with van der Waals surface area (Å²) < 4.78 is 0. The third kappa shape index (κ3) is 5.03. The van der Waals surface area contributed by atoms with E-state index in [0.29, 0.717) is 23.0 Å². The largest absolute Gasteiger partial charge is 0.396 e. The number of ketones is 1. The van der Waals surface area contributed by atoms with Gasteiger partial charge in [0.15, 0.2) is 5.78 Å². The lowest BCUT2D eigenvalue weighted by molar-refractivity contribution is 0.0940. The normalized spacial score (nSPS) is 20.2. The minimum absolute atomic E-state index is 0.0697. The van der Waals surface area contributed by atoms with E-state index in [0.717, 1.165) is 30.6 Å². The molecule has 1 unspecified atom stereocenters. The maximum absolute atomic E-state index is 12.8. The number of hydrogen-bond acceptors (Lipinski definition) is 3. The lowest BCUT2D eigenvalue weighted by atomic mass is 9.77. The fourth-order valence-electron chi connectivity index (χ4n) is 4.17. The molecule has 1 atom stereocenters. The predicted octanol–water partition coefficient (Wildman–Crippen LogP) is 5.50. The zero-order valence-electron chi connectivity index (χ0n) is 17.3. The van der Waals surface area contributed by atoms with Crippen molar-refractivity contribution in [3.8, 4) is 0 Å². The Morgan fingerprint density at radius 1 is 1.10 bits per heavy atom. The highest BCUT2D eigenvalue weighted by atomic mass is 35.5. The smallest absolute Gasteiger partial charge is 0.176 e. The molecule has 0 saturated carbocycles. The number of carbonyl (C=O) groups is 1. The van der Waals surface area contributed by atoms with Gasteiger partial charge in [-0.3, -0.25) is 9.69 Å². The van der Waals surface area contributed by atoms with Gasteiger partial charge in [0, 0.05) is 24.1 Å². The molecular weight excluding hydrogens is 405 g/mol. The highest BCUT2D eigenvalue weighted by Gasteiger charge is 2.39. The van der Waals surface area contributed by atoms with Crippen molar-refractivity contribution < 1.29 is 9.90 Å². The second kappa shape index (κ2) is 8.77. The second-order valence-corrected chi connectivity index (χ2v) is 9.91. The van der Waals surface area contributed by atoms with E-state index in [-0.39, 0.29) is 23.2 Å². The fraction of sp³-hybridized carbons (Fsp3) is 0.458. The molecule has 2 aromatic rings. The van der Waals surface area contributed by atoms with E-state index in [2.05, 4.69) is 25.7 Å². The molecule has 0 aliphatic carbocycles. The van der Waals surface area contributed by atoms with E-state index in [1.165, 1.54) is 5.56 Å². The van der Waals surface area contributed by atoms with Crippen molar-refractivity contribution in [2.75, 3.05) is 26.2 Å². The highest BCUT2D eigenvalue weighted by Crippen LogP contribution is 2.39. The Bertz CT molecular complexity index is 873. The van der Waals surface area contributed by atoms with Crippen molar-refractivity contribution in [1.29, 1.82) is 0 Å². The van der Waals surface area contributed by atoms with Crippen LogP contribution < -0.4 is 0 Å². The molecule has 1 heterocycles. The molecule has 0 amide bonds. The summed E-state index contributed by atoms with van der Waals surface area (Å²) in [6, 6.07) is 13.6. The first-order valence-electron chi connectivity index (χ1n) is 10.1. The van der Waals surface area contributed by atoms with Crippen LogP contribution in [0.3, 0.4) is 0 Å². The molecule has 1 N–H and O–H groups in total. The molecule has 29 heavy (non-hydrogen) atoms. The monoisotopic (exact) mass is 433 g/mol. The minimum atomic E-state index is -0.209. The average molecular weight is 434 g/mol. The van der Waals surface area contributed by atoms with Gasteiger partial charge in [0.05, 0.1) is 16.6 Å². The van der Waals surface area contributed by atoms with Gasteiger partial charge in [0.2, 0.25) is 0 Å². The Morgan fingerprint density at radius 2 is 1.79 bits per heavy atom. The van der Waals surface area contributed by atoms with Gasteiger partial charge in [0.1, 0.15) is 0 Å². The van der Waals surface area contributed by atoms with E-state index in [4.69, 9.17) is 23.2 Å². The second-order valence-electron chi connectivity index (χ2n) is 9.09. The first kappa shape index (κ1) is 22.3. The molecule has 5 heteroatoms. The molecule has 1 saturated heterocycles. The summed E-state index contributed by atoms with van der Waals surface area (Å²) in [6.45, 7) is 8.50. The Hall–Kier alpha value is -1.39. The predicted molar refractivity (Wildman–Crippen MR) is 120 cm³/mol. The molecule has 2 aromatic carbocycles. The topological polar surface area (TPSA) is 40.5 Å². The minimum Gasteiger partial charge on any atom is -0.396 e. The summed E-state index contributed by atoms with van der Waals surface area (Å²) in [4.78, 5) is 15.0. The lowest BCUT2D eigenvalue weighted by Crippen LogP contribution is -2.34. The third-order valence-electron chi connectivity index (χ3n) is 6.00. The quantitative estimate of drug-likeness (QED) is 0.611. The van der Waals surface area contributed by atoms with Crippen LogP contribution in [-0.2, 0) is 10.8 Å². The maximum atomic E-state index is 12.8. The third-order valence-corrected chi connectivity index (χ3v) is 6.73. The molecule has 3 rings (SSSR count). The molecule has 1 fully saturated rings. The van der Waals surface area contributed by atoms with Crippen molar-refractivity contribution in [2.45, 2.75) is 44.4 Å². The SMILES string of the molecule is CC(C)(C)c1ccc(C(=O)CN2CCC(CCO)(c3ccc(Cl)c(Cl)c3)C2)cc1. The summed E-state index contributed by atoms with van der Waals surface area (Å²) in [5.74, 6) is 0.124. The van der Waals surface area contributed by atoms with Gasteiger partial charge in [-0.05, 0) is 48.1 Å². The van der Waals surface area contributed by atoms with Crippen LogP contribution in [0.15, 0.2) is 42.5 Å². The van der Waals surface area contributed by atoms with Crippen molar-refractivity contribution in [3.63, 3.8) is 0 Å². The Labute approximate surface area is 183 Å². The van der Waals surface area contributed by atoms with Crippen LogP contribution in [0.25, 0.3) is 0 Å². The Kier molecular flexibility index (Phi) is 6.74. The maximum Gasteiger partial charge on any atom is 0.176 e. The number of Topliss-reactive ketones (excluding diaryl/α,β-unsaturated/α-hetero) is 1. The summed E-state index contributed by atoms with van der Waals surface area (Å²) in [7, 11) is 0. The Balaban J connectivity index is 1.73. The molecule has 0 radical (unpaired) electrons. The molecule has 1 aliphatic rings. The summed E-state index contributed by atoms with van der Waals surface area (Å²) >= 11 is 12.3. The van der Waals surface area contributed by atoms with Crippen LogP contribution in [0.4, 0.5) is 0 Å². The summed E-state index contributed by atoms with van der Waals surface area (Å²) in [5, 5.41) is 10.7. The standard InChI is InChI=1S/C24H29Cl2NO2/c1-23(2,3)18-6-4-17(5-7-18)22(29)15-27-12-10-24(16-27,11-13-28)19-8-9-20(25)21(26)14-19/h4-9,14,28H,10-13,15-16H2,1-3H3. The number of aliphatic hydroxyl groups is 1. The molecule has 156 valence electrons. The van der Waals surface area contributed by atoms with Gasteiger partial charge < -0.3 is 5.11 Å². The average Bonchev–Trinajstić information content (AvgIpc) is 3.07. The van der Waals surface area contributed by atoms with E-state index in [9.17, 15) is 9.90 Å². The van der Waals surface area contributed by atoms with Crippen LogP contribution in [-0.4, -0.2) is 42.0 Å². The molecule has 1 aliphatic heterocycles. The van der Waals surface area contributed by atoms with Gasteiger partial charge in [-0.15, -0.1) is 0 Å². The van der Waals surface area contributed by atoms with E-state index in [1.807, 2.05) is 42.5 Å². The number of nitrogens with zero attached hydrogens (tertiary/aromatic N) is 1. The van der Waals surface area contributed by atoms with Crippen molar-refractivity contribution in [3.05, 3.63) is 69.2 Å². The zero-order chi connectivity index (χ0) is 21.2. The van der Waals surface area contributed by atoms with Gasteiger partial charge in [-0.2, -0.15) is 0 Å². The van der Waals surface area contributed by atoms with Crippen LogP contribution in [0.1, 0.15) is 55.1 Å². The van der Waals surface area contributed by atoms with Crippen LogP contribution in [0.2, 0.25) is 10.0 Å². The Morgan fingerprint density at radius 3 is 2.38 bits per heavy atom. The van der Waals surface area contributed by atoms with E-state index < -0.39 is 0 Å². The van der Waals surface area contributed by atoms with E-state index in [1.54, 1.807) is 0 Å². The van der Waals surface area contributed by atoms with Crippen molar-refractivity contribution >= 4 is 29.0 Å². The van der Waals surface area contributed by atoms with Crippen LogP contribution in [0, 0.1) is 0 Å². The number of aliphatic hydroxyl groups excluding tert-OH is 1. The van der Waals surface area contributed by atoms with Crippen LogP contribution in [0.5, 0.6) is 0 Å². The first-order valence-corrected chi connectivity index (χ1v) is 10.8. The fourth-order valence-corrected chi connectivity index (χ4v) is 4.47. The molecular formula is C24H29Cl2NO2. The number of rotatable bonds is 6. The molecule has 0 bridgehead atoms. The zero-order valence-corrected chi connectivity index (χ0v) is 18.9. The number of benzene rings is 2. The van der Waals surface area contributed by atoms with Gasteiger partial charge in [-0.1, -0.05) is 74.3 Å². The van der Waals surface area contributed by atoms with Crippen molar-refractivity contribution in [2.24, 2.45) is 0 Å². The number of halogens is 2. The number of carbonyl (C=O) groups excluding carboxylic acids is 1. The highest BCUT2D eigenvalue weighted by molar-refractivity contribution is 6.42. The number of hydrogen-bond donors (Lipinski definition) is 1. The van der Waals surface area contributed by atoms with Crippen molar-refractivity contribution in [1.82, 2.24) is 4.90 Å². The molecule has 0 aromatic heterocycles. The summed E-state index contributed by atoms with van der Waals surface area (Å²) in [5.41, 5.74) is 2.90. The summed E-state index contributed by atoms with van der Waals surface area (Å²) in [6.07, 6.45) is 1.51. The first-order chi connectivity index (χ1) is 13.6. The number of likely N-dealkylation sites (tertiary alicyclic amines) is 1. The van der Waals surface area contributed by atoms with Gasteiger partial charge >= 0.3 is 0 Å². The molecule has 0 spiro atoms. The van der Waals surface area contributed by atoms with E-state index >= 15 is 0 Å². The van der Waals surface area contributed by atoms with Gasteiger partial charge in [-0.25, -0.2) is 0 Å². The lowest BCUT2D eigenvalue weighted by Gasteiger charge is -2.30. The van der Waals surface area contributed by atoms with Crippen LogP contribution >= 0.6 is 23.2 Å². The molecule has 3 nitrogen and oxygen atoms in total. The van der Waals surface area contributed by atoms with Gasteiger partial charge in [0.25, 0.3) is 0 Å².